The molecule has 2 heterocycles. The number of piperazine rings is 1. The van der Waals surface area contributed by atoms with Gasteiger partial charge in [-0.05, 0) is 19.1 Å². The third-order valence-electron chi connectivity index (χ3n) is 4.84. The molecule has 1 aromatic carbocycles. The summed E-state index contributed by atoms with van der Waals surface area (Å²) in [5, 5.41) is 2.78. The maximum Gasteiger partial charge on any atom is 0.324 e. The third-order valence-corrected chi connectivity index (χ3v) is 7.71. The summed E-state index contributed by atoms with van der Waals surface area (Å²) in [5.41, 5.74) is 0. The van der Waals surface area contributed by atoms with Crippen LogP contribution in [0.15, 0.2) is 23.1 Å². The van der Waals surface area contributed by atoms with Gasteiger partial charge in [0, 0.05) is 39.3 Å². The molecule has 8 nitrogen and oxygen atoms in total. The van der Waals surface area contributed by atoms with E-state index in [0.29, 0.717) is 26.2 Å². The molecular formula is C16H20Cl2N4O4S. The van der Waals surface area contributed by atoms with Gasteiger partial charge in [-0.25, -0.2) is 13.2 Å². The minimum atomic E-state index is -3.78. The summed E-state index contributed by atoms with van der Waals surface area (Å²) in [7, 11) is -3.78. The molecule has 0 saturated carbocycles. The van der Waals surface area contributed by atoms with Gasteiger partial charge < -0.3 is 5.32 Å². The highest BCUT2D eigenvalue weighted by Crippen LogP contribution is 2.31. The number of hydrogen-bond acceptors (Lipinski definition) is 5. The molecule has 148 valence electrons. The molecule has 0 aliphatic carbocycles. The smallest absolute Gasteiger partial charge is 0.324 e. The number of carbonyl (C=O) groups is 2. The highest BCUT2D eigenvalue weighted by Gasteiger charge is 2.36. The molecule has 0 radical (unpaired) electrons. The van der Waals surface area contributed by atoms with Crippen molar-refractivity contribution in [3.05, 3.63) is 28.2 Å². The number of rotatable bonds is 4. The summed E-state index contributed by atoms with van der Waals surface area (Å²) in [5.74, 6) is -0.279. The third kappa shape index (κ3) is 3.93. The molecule has 0 bridgehead atoms. The van der Waals surface area contributed by atoms with Gasteiger partial charge in [-0.15, -0.1) is 0 Å². The minimum absolute atomic E-state index is 0.00480. The molecule has 1 N–H and O–H groups in total. The zero-order valence-corrected chi connectivity index (χ0v) is 17.0. The summed E-state index contributed by atoms with van der Waals surface area (Å²) in [6.45, 7) is 3.71. The van der Waals surface area contributed by atoms with Crippen LogP contribution in [0, 0.1) is 0 Å². The highest BCUT2D eigenvalue weighted by atomic mass is 35.5. The number of amides is 3. The molecule has 2 saturated heterocycles. The second-order valence-electron chi connectivity index (χ2n) is 6.39. The number of urea groups is 1. The minimum Gasteiger partial charge on any atom is -0.336 e. The second kappa shape index (κ2) is 7.92. The number of carbonyl (C=O) groups excluding carboxylic acids is 2. The lowest BCUT2D eigenvalue weighted by Gasteiger charge is -2.37. The second-order valence-corrected chi connectivity index (χ2v) is 9.08. The van der Waals surface area contributed by atoms with Gasteiger partial charge in [0.15, 0.2) is 0 Å². The largest absolute Gasteiger partial charge is 0.336 e. The Morgan fingerprint density at radius 1 is 1.15 bits per heavy atom. The van der Waals surface area contributed by atoms with Crippen LogP contribution in [0.3, 0.4) is 0 Å². The Balaban J connectivity index is 1.67. The van der Waals surface area contributed by atoms with Gasteiger partial charge in [-0.1, -0.05) is 29.3 Å². The molecule has 0 unspecified atom stereocenters. The molecule has 2 fully saturated rings. The summed E-state index contributed by atoms with van der Waals surface area (Å²) in [6, 6.07) is 3.60. The Morgan fingerprint density at radius 3 is 2.41 bits per heavy atom. The number of halogens is 2. The fourth-order valence-electron chi connectivity index (χ4n) is 3.22. The fraction of sp³-hybridized carbons (Fsp3) is 0.500. The molecular weight excluding hydrogens is 415 g/mol. The number of sulfonamides is 1. The van der Waals surface area contributed by atoms with Crippen LogP contribution in [0.25, 0.3) is 0 Å². The SMILES string of the molecule is C[C@@H](C(=O)N1CCNC1=O)N1CCN(S(=O)(=O)c2cccc(Cl)c2Cl)CC1. The molecule has 2 aliphatic heterocycles. The van der Waals surface area contributed by atoms with E-state index >= 15 is 0 Å². The molecule has 2 aliphatic rings. The van der Waals surface area contributed by atoms with Crippen molar-refractivity contribution in [3.8, 4) is 0 Å². The Kier molecular flexibility index (Phi) is 5.97. The van der Waals surface area contributed by atoms with Crippen molar-refractivity contribution in [3.63, 3.8) is 0 Å². The topological polar surface area (TPSA) is 90.0 Å². The molecule has 11 heteroatoms. The van der Waals surface area contributed by atoms with Crippen molar-refractivity contribution >= 4 is 45.2 Å². The summed E-state index contributed by atoms with van der Waals surface area (Å²) < 4.78 is 27.1. The van der Waals surface area contributed by atoms with E-state index < -0.39 is 16.1 Å². The molecule has 3 amide bonds. The first-order valence-electron chi connectivity index (χ1n) is 8.51. The van der Waals surface area contributed by atoms with Crippen molar-refractivity contribution in [1.29, 1.82) is 0 Å². The number of benzene rings is 1. The zero-order chi connectivity index (χ0) is 19.8. The van der Waals surface area contributed by atoms with E-state index in [-0.39, 0.29) is 40.0 Å². The Hall–Kier alpha value is -1.39. The van der Waals surface area contributed by atoms with Crippen molar-refractivity contribution in [2.45, 2.75) is 17.9 Å². The summed E-state index contributed by atoms with van der Waals surface area (Å²) in [4.78, 5) is 27.2. The first-order chi connectivity index (χ1) is 12.7. The van der Waals surface area contributed by atoms with E-state index in [4.69, 9.17) is 23.2 Å². The Bertz CT molecular complexity index is 856. The van der Waals surface area contributed by atoms with E-state index in [9.17, 15) is 18.0 Å². The first-order valence-corrected chi connectivity index (χ1v) is 10.7. The van der Waals surface area contributed by atoms with E-state index in [1.165, 1.54) is 21.3 Å². The van der Waals surface area contributed by atoms with Crippen LogP contribution in [0.2, 0.25) is 10.0 Å². The average Bonchev–Trinajstić information content (AvgIpc) is 3.08. The van der Waals surface area contributed by atoms with Gasteiger partial charge in [0.1, 0.15) is 4.90 Å². The first kappa shape index (κ1) is 20.3. The lowest BCUT2D eigenvalue weighted by Crippen LogP contribution is -2.55. The summed E-state index contributed by atoms with van der Waals surface area (Å²) >= 11 is 12.0. The van der Waals surface area contributed by atoms with Gasteiger partial charge >= 0.3 is 6.03 Å². The van der Waals surface area contributed by atoms with E-state index in [2.05, 4.69) is 5.32 Å². The van der Waals surface area contributed by atoms with Crippen molar-refractivity contribution in [2.75, 3.05) is 39.3 Å². The average molecular weight is 435 g/mol. The number of imide groups is 1. The number of nitrogens with one attached hydrogen (secondary N) is 1. The predicted octanol–water partition coefficient (Wildman–Crippen LogP) is 1.24. The lowest BCUT2D eigenvalue weighted by atomic mass is 10.2. The van der Waals surface area contributed by atoms with E-state index in [1.54, 1.807) is 13.0 Å². The van der Waals surface area contributed by atoms with Crippen molar-refractivity contribution in [2.24, 2.45) is 0 Å². The van der Waals surface area contributed by atoms with Crippen LogP contribution in [0.5, 0.6) is 0 Å². The molecule has 0 aromatic heterocycles. The van der Waals surface area contributed by atoms with Crippen LogP contribution >= 0.6 is 23.2 Å². The van der Waals surface area contributed by atoms with Crippen molar-refractivity contribution in [1.82, 2.24) is 19.4 Å². The maximum absolute atomic E-state index is 12.9. The number of hydrogen-bond donors (Lipinski definition) is 1. The van der Waals surface area contributed by atoms with Gasteiger partial charge in [-0.2, -0.15) is 4.31 Å². The van der Waals surface area contributed by atoms with Gasteiger partial charge in [-0.3, -0.25) is 14.6 Å². The predicted molar refractivity (Wildman–Crippen MR) is 101 cm³/mol. The number of nitrogens with zero attached hydrogens (tertiary/aromatic N) is 3. The maximum atomic E-state index is 12.9. The molecule has 1 atom stereocenters. The Morgan fingerprint density at radius 2 is 1.81 bits per heavy atom. The molecule has 1 aromatic rings. The highest BCUT2D eigenvalue weighted by molar-refractivity contribution is 7.89. The van der Waals surface area contributed by atoms with Crippen LogP contribution in [-0.4, -0.2) is 79.8 Å². The van der Waals surface area contributed by atoms with Gasteiger partial charge in [0.2, 0.25) is 15.9 Å². The monoisotopic (exact) mass is 434 g/mol. The van der Waals surface area contributed by atoms with E-state index in [0.717, 1.165) is 0 Å². The lowest BCUT2D eigenvalue weighted by molar-refractivity contribution is -0.133. The van der Waals surface area contributed by atoms with Gasteiger partial charge in [0.25, 0.3) is 0 Å². The Labute approximate surface area is 168 Å². The van der Waals surface area contributed by atoms with Crippen LogP contribution in [-0.2, 0) is 14.8 Å². The standard InChI is InChI=1S/C16H20Cl2N4O4S/c1-11(15(23)22-6-5-19-16(22)24)20-7-9-21(10-8-20)27(25,26)13-4-2-3-12(17)14(13)18/h2-4,11H,5-10H2,1H3,(H,19,24)/t11-/m0/s1. The zero-order valence-electron chi connectivity index (χ0n) is 14.7. The normalized spacial score (nSPS) is 20.6. The molecule has 27 heavy (non-hydrogen) atoms. The van der Waals surface area contributed by atoms with E-state index in [1.807, 2.05) is 4.90 Å². The van der Waals surface area contributed by atoms with Crippen molar-refractivity contribution < 1.29 is 18.0 Å². The van der Waals surface area contributed by atoms with Crippen LogP contribution < -0.4 is 5.32 Å². The quantitative estimate of drug-likeness (QED) is 0.769. The fourth-order valence-corrected chi connectivity index (χ4v) is 5.38. The van der Waals surface area contributed by atoms with Gasteiger partial charge in [0.05, 0.1) is 16.1 Å². The van der Waals surface area contributed by atoms with Crippen LogP contribution in [0.4, 0.5) is 4.79 Å². The molecule has 3 rings (SSSR count). The molecule has 0 spiro atoms. The summed E-state index contributed by atoms with van der Waals surface area (Å²) in [6.07, 6.45) is 0. The van der Waals surface area contributed by atoms with Crippen LogP contribution in [0.1, 0.15) is 6.92 Å².